The Morgan fingerprint density at radius 3 is 1.95 bits per heavy atom. The van der Waals surface area contributed by atoms with Gasteiger partial charge in [-0.25, -0.2) is 0 Å². The van der Waals surface area contributed by atoms with Gasteiger partial charge in [-0.3, -0.25) is 0 Å². The van der Waals surface area contributed by atoms with Crippen LogP contribution in [0.25, 0.3) is 0 Å². The molecule has 6 heteroatoms. The monoisotopic (exact) mass is 284 g/mol. The molecule has 0 saturated heterocycles. The van der Waals surface area contributed by atoms with Crippen molar-refractivity contribution in [1.29, 1.82) is 10.5 Å². The summed E-state index contributed by atoms with van der Waals surface area (Å²) >= 11 is 1.06. The predicted octanol–water partition coefficient (Wildman–Crippen LogP) is 1.91. The predicted molar refractivity (Wildman–Crippen MR) is 77.0 cm³/mol. The maximum atomic E-state index is 9.29. The van der Waals surface area contributed by atoms with Crippen LogP contribution < -0.4 is 16.2 Å². The van der Waals surface area contributed by atoms with E-state index in [1.165, 1.54) is 0 Å². The van der Waals surface area contributed by atoms with Crippen molar-refractivity contribution >= 4 is 11.8 Å². The fraction of sp³-hybridized carbons (Fsp3) is 0.143. The first-order valence-corrected chi connectivity index (χ1v) is 6.55. The lowest BCUT2D eigenvalue weighted by molar-refractivity contribution is 0.414. The number of nitrogens with zero attached hydrogens (tertiary/aromatic N) is 2. The molecule has 5 nitrogen and oxygen atoms in total. The summed E-state index contributed by atoms with van der Waals surface area (Å²) in [4.78, 5) is 0. The highest BCUT2D eigenvalue weighted by atomic mass is 32.2. The van der Waals surface area contributed by atoms with E-state index in [2.05, 4.69) is 12.1 Å². The number of benzene rings is 1. The molecule has 1 aliphatic rings. The Morgan fingerprint density at radius 1 is 1.05 bits per heavy atom. The van der Waals surface area contributed by atoms with E-state index in [1.807, 2.05) is 0 Å². The van der Waals surface area contributed by atoms with Crippen molar-refractivity contribution in [3.63, 3.8) is 0 Å². The van der Waals surface area contributed by atoms with Gasteiger partial charge in [0.05, 0.1) is 46.4 Å². The maximum Gasteiger partial charge on any atom is 0.118 e. The molecule has 0 aromatic heterocycles. The highest BCUT2D eigenvalue weighted by molar-refractivity contribution is 8.06. The molecule has 0 amide bonds. The second-order valence-electron chi connectivity index (χ2n) is 4.09. The van der Waals surface area contributed by atoms with Gasteiger partial charge >= 0.3 is 0 Å². The molecule has 0 atom stereocenters. The van der Waals surface area contributed by atoms with Crippen LogP contribution in [-0.4, -0.2) is 7.11 Å². The standard InChI is InChI=1S/C14H12N4OS/c1-19-9-4-2-8(3-5-9)12-10(6-15)13(17)20-14(18)11(12)7-16/h2-5,12H,17-18H2,1H3. The van der Waals surface area contributed by atoms with Gasteiger partial charge in [0.2, 0.25) is 0 Å². The van der Waals surface area contributed by atoms with E-state index in [0.717, 1.165) is 17.3 Å². The molecular formula is C14H12N4OS. The van der Waals surface area contributed by atoms with Crippen LogP contribution in [0.2, 0.25) is 0 Å². The van der Waals surface area contributed by atoms with E-state index in [4.69, 9.17) is 16.2 Å². The number of nitriles is 2. The SMILES string of the molecule is COc1ccc(C2C(C#N)=C(N)SC(N)=C2C#N)cc1. The molecule has 0 radical (unpaired) electrons. The Balaban J connectivity index is 2.56. The quantitative estimate of drug-likeness (QED) is 0.858. The third kappa shape index (κ3) is 2.29. The first-order valence-electron chi connectivity index (χ1n) is 5.73. The molecule has 1 heterocycles. The van der Waals surface area contributed by atoms with E-state index in [-0.39, 0.29) is 0 Å². The van der Waals surface area contributed by atoms with Crippen LogP contribution >= 0.6 is 11.8 Å². The highest BCUT2D eigenvalue weighted by Crippen LogP contribution is 2.42. The number of nitrogens with two attached hydrogens (primary N) is 2. The molecule has 2 rings (SSSR count). The first-order chi connectivity index (χ1) is 9.62. The summed E-state index contributed by atoms with van der Waals surface area (Å²) < 4.78 is 5.10. The molecule has 0 saturated carbocycles. The summed E-state index contributed by atoms with van der Waals surface area (Å²) in [7, 11) is 1.57. The van der Waals surface area contributed by atoms with Crippen molar-refractivity contribution in [3.05, 3.63) is 51.0 Å². The summed E-state index contributed by atoms with van der Waals surface area (Å²) in [6.45, 7) is 0. The third-order valence-electron chi connectivity index (χ3n) is 3.02. The Kier molecular flexibility index (Phi) is 3.88. The molecule has 20 heavy (non-hydrogen) atoms. The number of allylic oxidation sites excluding steroid dienone is 2. The van der Waals surface area contributed by atoms with Gasteiger partial charge in [-0.2, -0.15) is 10.5 Å². The number of thioether (sulfide) groups is 1. The van der Waals surface area contributed by atoms with E-state index < -0.39 is 5.92 Å². The molecule has 0 spiro atoms. The molecule has 0 fully saturated rings. The first kappa shape index (κ1) is 13.9. The van der Waals surface area contributed by atoms with Crippen LogP contribution in [0.15, 0.2) is 45.5 Å². The van der Waals surface area contributed by atoms with Gasteiger partial charge in [-0.1, -0.05) is 23.9 Å². The van der Waals surface area contributed by atoms with E-state index in [9.17, 15) is 10.5 Å². The van der Waals surface area contributed by atoms with Crippen LogP contribution in [0.3, 0.4) is 0 Å². The number of hydrogen-bond donors (Lipinski definition) is 2. The zero-order valence-electron chi connectivity index (χ0n) is 10.8. The highest BCUT2D eigenvalue weighted by Gasteiger charge is 2.30. The Labute approximate surface area is 121 Å². The molecule has 4 N–H and O–H groups in total. The van der Waals surface area contributed by atoms with Gasteiger partial charge in [-0.05, 0) is 17.7 Å². The summed E-state index contributed by atoms with van der Waals surface area (Å²) in [6.07, 6.45) is 0. The van der Waals surface area contributed by atoms with Crippen LogP contribution in [0.5, 0.6) is 5.75 Å². The fourth-order valence-electron chi connectivity index (χ4n) is 2.03. The minimum Gasteiger partial charge on any atom is -0.497 e. The second kappa shape index (κ2) is 5.60. The van der Waals surface area contributed by atoms with Crippen LogP contribution in [-0.2, 0) is 0 Å². The molecular weight excluding hydrogens is 272 g/mol. The fourth-order valence-corrected chi connectivity index (χ4v) is 2.81. The lowest BCUT2D eigenvalue weighted by atomic mass is 9.86. The second-order valence-corrected chi connectivity index (χ2v) is 5.17. The van der Waals surface area contributed by atoms with Gasteiger partial charge in [-0.15, -0.1) is 0 Å². The number of ether oxygens (including phenoxy) is 1. The molecule has 0 unspecified atom stereocenters. The summed E-state index contributed by atoms with van der Waals surface area (Å²) in [6, 6.07) is 11.3. The van der Waals surface area contributed by atoms with Crippen molar-refractivity contribution in [2.45, 2.75) is 5.92 Å². The normalized spacial score (nSPS) is 15.8. The summed E-state index contributed by atoms with van der Waals surface area (Å²) in [5, 5.41) is 19.3. The van der Waals surface area contributed by atoms with Crippen molar-refractivity contribution in [1.82, 2.24) is 0 Å². The van der Waals surface area contributed by atoms with Gasteiger partial charge < -0.3 is 16.2 Å². The zero-order chi connectivity index (χ0) is 14.7. The lowest BCUT2D eigenvalue weighted by Gasteiger charge is -2.23. The van der Waals surface area contributed by atoms with Crippen molar-refractivity contribution in [3.8, 4) is 17.9 Å². The van der Waals surface area contributed by atoms with E-state index >= 15 is 0 Å². The Bertz CT molecular complexity index is 641. The van der Waals surface area contributed by atoms with Crippen molar-refractivity contribution in [2.24, 2.45) is 11.5 Å². The average Bonchev–Trinajstić information content (AvgIpc) is 2.46. The number of methoxy groups -OCH3 is 1. The van der Waals surface area contributed by atoms with Crippen LogP contribution in [0.1, 0.15) is 11.5 Å². The molecule has 1 aromatic rings. The van der Waals surface area contributed by atoms with Crippen LogP contribution in [0, 0.1) is 22.7 Å². The van der Waals surface area contributed by atoms with Gasteiger partial charge in [0.25, 0.3) is 0 Å². The molecule has 0 bridgehead atoms. The minimum absolute atomic E-state index is 0.338. The number of hydrogen-bond acceptors (Lipinski definition) is 6. The molecule has 1 aromatic carbocycles. The molecule has 0 aliphatic carbocycles. The third-order valence-corrected chi connectivity index (χ3v) is 3.90. The van der Waals surface area contributed by atoms with E-state index in [0.29, 0.717) is 27.0 Å². The minimum atomic E-state index is -0.517. The van der Waals surface area contributed by atoms with Crippen molar-refractivity contribution < 1.29 is 4.74 Å². The zero-order valence-corrected chi connectivity index (χ0v) is 11.6. The summed E-state index contributed by atoms with van der Waals surface area (Å²) in [5.74, 6) is 0.182. The molecule has 1 aliphatic heterocycles. The molecule has 100 valence electrons. The number of rotatable bonds is 2. The van der Waals surface area contributed by atoms with Gasteiger partial charge in [0.1, 0.15) is 5.75 Å². The van der Waals surface area contributed by atoms with Gasteiger partial charge in [0.15, 0.2) is 0 Å². The Hall–Kier alpha value is -2.57. The van der Waals surface area contributed by atoms with Crippen molar-refractivity contribution in [2.75, 3.05) is 7.11 Å². The van der Waals surface area contributed by atoms with E-state index in [1.54, 1.807) is 31.4 Å². The van der Waals surface area contributed by atoms with Crippen LogP contribution in [0.4, 0.5) is 0 Å². The summed E-state index contributed by atoms with van der Waals surface area (Å²) in [5.41, 5.74) is 13.2. The smallest absolute Gasteiger partial charge is 0.118 e. The maximum absolute atomic E-state index is 9.29. The lowest BCUT2D eigenvalue weighted by Crippen LogP contribution is -2.18. The Morgan fingerprint density at radius 2 is 1.55 bits per heavy atom. The largest absolute Gasteiger partial charge is 0.497 e. The topological polar surface area (TPSA) is 109 Å². The average molecular weight is 284 g/mol. The van der Waals surface area contributed by atoms with Gasteiger partial charge in [0, 0.05) is 0 Å².